The third-order valence-corrected chi connectivity index (χ3v) is 4.79. The summed E-state index contributed by atoms with van der Waals surface area (Å²) in [5.41, 5.74) is 1.07. The maximum absolute atomic E-state index is 12.4. The number of carbonyl (C=O) groups excluding carboxylic acids is 1. The van der Waals surface area contributed by atoms with Gasteiger partial charge in [-0.05, 0) is 36.8 Å². The second-order valence-corrected chi connectivity index (χ2v) is 6.58. The van der Waals surface area contributed by atoms with Crippen LogP contribution < -0.4 is 14.8 Å². The van der Waals surface area contributed by atoms with Gasteiger partial charge in [0, 0.05) is 39.8 Å². The van der Waals surface area contributed by atoms with Crippen molar-refractivity contribution in [1.29, 1.82) is 0 Å². The quantitative estimate of drug-likeness (QED) is 0.353. The van der Waals surface area contributed by atoms with E-state index in [2.05, 4.69) is 15.2 Å². The van der Waals surface area contributed by atoms with Crippen LogP contribution in [0.15, 0.2) is 46.0 Å². The summed E-state index contributed by atoms with van der Waals surface area (Å²) >= 11 is 0. The number of halogens is 1. The first-order chi connectivity index (χ1) is 14.2. The van der Waals surface area contributed by atoms with Gasteiger partial charge in [-0.25, -0.2) is 0 Å². The standard InChI is InChI=1S/C21H28N4O4.HI/c1-4-28-17-8-7-16(14-19(17)27-3)15-23-21(22-2)25-11-9-24(10-12-25)20(26)18-6-5-13-29-18;/h5-8,13-14H,4,9-12,15H2,1-3H3,(H,22,23);1H. The molecule has 1 aliphatic heterocycles. The molecule has 164 valence electrons. The van der Waals surface area contributed by atoms with Gasteiger partial charge >= 0.3 is 0 Å². The SMILES string of the molecule is CCOc1ccc(CNC(=NC)N2CCN(C(=O)c3ccco3)CC2)cc1OC.I. The number of nitrogens with one attached hydrogen (secondary N) is 1. The molecule has 0 spiro atoms. The van der Waals surface area contributed by atoms with Crippen LogP contribution in [0, 0.1) is 0 Å². The summed E-state index contributed by atoms with van der Waals surface area (Å²) in [4.78, 5) is 20.7. The van der Waals surface area contributed by atoms with Crippen molar-refractivity contribution >= 4 is 35.8 Å². The van der Waals surface area contributed by atoms with Crippen molar-refractivity contribution < 1.29 is 18.7 Å². The monoisotopic (exact) mass is 528 g/mol. The molecule has 1 fully saturated rings. The van der Waals surface area contributed by atoms with Crippen LogP contribution in [-0.4, -0.2) is 68.6 Å². The highest BCUT2D eigenvalue weighted by Gasteiger charge is 2.25. The number of methoxy groups -OCH3 is 1. The van der Waals surface area contributed by atoms with Gasteiger partial charge in [-0.3, -0.25) is 9.79 Å². The molecule has 2 aromatic rings. The van der Waals surface area contributed by atoms with Gasteiger partial charge in [-0.15, -0.1) is 24.0 Å². The first-order valence-corrected chi connectivity index (χ1v) is 9.74. The van der Waals surface area contributed by atoms with Gasteiger partial charge in [0.15, 0.2) is 23.2 Å². The molecule has 0 atom stereocenters. The number of hydrogen-bond donors (Lipinski definition) is 1. The van der Waals surface area contributed by atoms with Crippen LogP contribution in [0.3, 0.4) is 0 Å². The Morgan fingerprint density at radius 2 is 1.90 bits per heavy atom. The molecule has 0 bridgehead atoms. The Hall–Kier alpha value is -2.43. The highest BCUT2D eigenvalue weighted by Crippen LogP contribution is 2.28. The van der Waals surface area contributed by atoms with E-state index in [-0.39, 0.29) is 29.9 Å². The average Bonchev–Trinajstić information content (AvgIpc) is 3.30. The Morgan fingerprint density at radius 1 is 1.17 bits per heavy atom. The number of amides is 1. The minimum atomic E-state index is -0.0703. The third-order valence-electron chi connectivity index (χ3n) is 4.79. The number of rotatable bonds is 6. The molecule has 0 unspecified atom stereocenters. The van der Waals surface area contributed by atoms with E-state index in [1.165, 1.54) is 6.26 Å². The summed E-state index contributed by atoms with van der Waals surface area (Å²) in [5, 5.41) is 3.39. The second kappa shape index (κ2) is 11.7. The average molecular weight is 528 g/mol. The van der Waals surface area contributed by atoms with Crippen molar-refractivity contribution in [3.63, 3.8) is 0 Å². The van der Waals surface area contributed by atoms with Gasteiger partial charge in [0.1, 0.15) is 0 Å². The zero-order valence-corrected chi connectivity index (χ0v) is 19.9. The molecule has 0 saturated carbocycles. The molecule has 8 nitrogen and oxygen atoms in total. The van der Waals surface area contributed by atoms with Crippen molar-refractivity contribution in [3.05, 3.63) is 47.9 Å². The Kier molecular flexibility index (Phi) is 9.28. The number of piperazine rings is 1. The molecule has 1 amide bonds. The van der Waals surface area contributed by atoms with Crippen LogP contribution in [0.5, 0.6) is 11.5 Å². The second-order valence-electron chi connectivity index (χ2n) is 6.58. The molecular formula is C21H29IN4O4. The lowest BCUT2D eigenvalue weighted by atomic mass is 10.2. The van der Waals surface area contributed by atoms with Gasteiger partial charge in [0.25, 0.3) is 5.91 Å². The van der Waals surface area contributed by atoms with Gasteiger partial charge in [0.2, 0.25) is 0 Å². The molecule has 2 heterocycles. The molecule has 9 heteroatoms. The predicted molar refractivity (Wildman–Crippen MR) is 126 cm³/mol. The molecule has 0 aliphatic carbocycles. The summed E-state index contributed by atoms with van der Waals surface area (Å²) in [6.45, 7) is 5.81. The molecule has 1 aromatic heterocycles. The molecule has 1 aromatic carbocycles. The normalized spacial score (nSPS) is 14.2. The molecule has 1 saturated heterocycles. The molecule has 0 radical (unpaired) electrons. The first-order valence-electron chi connectivity index (χ1n) is 9.74. The third kappa shape index (κ3) is 5.80. The number of benzene rings is 1. The lowest BCUT2D eigenvalue weighted by molar-refractivity contribution is 0.0657. The highest BCUT2D eigenvalue weighted by atomic mass is 127. The van der Waals surface area contributed by atoms with Crippen molar-refractivity contribution in [2.75, 3.05) is 46.9 Å². The Balaban J connectivity index is 0.00000320. The van der Waals surface area contributed by atoms with E-state index in [4.69, 9.17) is 13.9 Å². The highest BCUT2D eigenvalue weighted by molar-refractivity contribution is 14.0. The minimum absolute atomic E-state index is 0. The van der Waals surface area contributed by atoms with Crippen LogP contribution in [0.25, 0.3) is 0 Å². The van der Waals surface area contributed by atoms with E-state index in [1.807, 2.05) is 25.1 Å². The fourth-order valence-electron chi connectivity index (χ4n) is 3.29. The number of hydrogen-bond acceptors (Lipinski definition) is 5. The molecule has 1 N–H and O–H groups in total. The number of furan rings is 1. The maximum Gasteiger partial charge on any atom is 0.289 e. The Morgan fingerprint density at radius 3 is 2.50 bits per heavy atom. The summed E-state index contributed by atoms with van der Waals surface area (Å²) < 4.78 is 16.2. The predicted octanol–water partition coefficient (Wildman–Crippen LogP) is 2.84. The van der Waals surface area contributed by atoms with Crippen molar-refractivity contribution in [2.24, 2.45) is 4.99 Å². The molecule has 3 rings (SSSR count). The zero-order valence-electron chi connectivity index (χ0n) is 17.6. The van der Waals surface area contributed by atoms with Crippen molar-refractivity contribution in [3.8, 4) is 11.5 Å². The van der Waals surface area contributed by atoms with Crippen molar-refractivity contribution in [1.82, 2.24) is 15.1 Å². The molecule has 30 heavy (non-hydrogen) atoms. The van der Waals surface area contributed by atoms with Gasteiger partial charge in [-0.1, -0.05) is 6.07 Å². The lowest BCUT2D eigenvalue weighted by Crippen LogP contribution is -2.53. The van der Waals surface area contributed by atoms with E-state index in [9.17, 15) is 4.79 Å². The number of nitrogens with zero attached hydrogens (tertiary/aromatic N) is 3. The Bertz CT molecular complexity index is 834. The minimum Gasteiger partial charge on any atom is -0.493 e. The smallest absolute Gasteiger partial charge is 0.289 e. The van der Waals surface area contributed by atoms with Crippen LogP contribution >= 0.6 is 24.0 Å². The van der Waals surface area contributed by atoms with Gasteiger partial charge in [0.05, 0.1) is 20.0 Å². The first kappa shape index (κ1) is 23.8. The van der Waals surface area contributed by atoms with Crippen LogP contribution in [-0.2, 0) is 6.54 Å². The summed E-state index contributed by atoms with van der Waals surface area (Å²) in [6, 6.07) is 9.31. The zero-order chi connectivity index (χ0) is 20.6. The van der Waals surface area contributed by atoms with Crippen LogP contribution in [0.1, 0.15) is 23.0 Å². The van der Waals surface area contributed by atoms with Crippen LogP contribution in [0.2, 0.25) is 0 Å². The number of guanidine groups is 1. The van der Waals surface area contributed by atoms with E-state index in [0.717, 1.165) is 17.3 Å². The topological polar surface area (TPSA) is 79.5 Å². The Labute approximate surface area is 194 Å². The van der Waals surface area contributed by atoms with E-state index in [1.54, 1.807) is 31.2 Å². The fraction of sp³-hybridized carbons (Fsp3) is 0.429. The number of aliphatic imine (C=N–C) groups is 1. The maximum atomic E-state index is 12.4. The summed E-state index contributed by atoms with van der Waals surface area (Å²) in [5.74, 6) is 2.57. The van der Waals surface area contributed by atoms with Gasteiger partial charge < -0.3 is 29.0 Å². The number of ether oxygens (including phenoxy) is 2. The molecule has 1 aliphatic rings. The van der Waals surface area contributed by atoms with E-state index < -0.39 is 0 Å². The molecular weight excluding hydrogens is 499 g/mol. The van der Waals surface area contributed by atoms with Gasteiger partial charge in [-0.2, -0.15) is 0 Å². The summed E-state index contributed by atoms with van der Waals surface area (Å²) in [7, 11) is 3.40. The lowest BCUT2D eigenvalue weighted by Gasteiger charge is -2.36. The van der Waals surface area contributed by atoms with Crippen LogP contribution in [0.4, 0.5) is 0 Å². The summed E-state index contributed by atoms with van der Waals surface area (Å²) in [6.07, 6.45) is 1.52. The largest absolute Gasteiger partial charge is 0.493 e. The van der Waals surface area contributed by atoms with E-state index in [0.29, 0.717) is 50.8 Å². The van der Waals surface area contributed by atoms with Crippen molar-refractivity contribution in [2.45, 2.75) is 13.5 Å². The fourth-order valence-corrected chi connectivity index (χ4v) is 3.29. The van der Waals surface area contributed by atoms with E-state index >= 15 is 0 Å². The number of carbonyl (C=O) groups is 1.